The molecule has 0 saturated heterocycles. The van der Waals surface area contributed by atoms with Crippen molar-refractivity contribution in [1.82, 2.24) is 9.80 Å². The third-order valence-electron chi connectivity index (χ3n) is 5.41. The van der Waals surface area contributed by atoms with E-state index in [1.807, 2.05) is 48.2 Å². The Morgan fingerprint density at radius 3 is 2.54 bits per heavy atom. The van der Waals surface area contributed by atoms with E-state index in [4.69, 9.17) is 9.47 Å². The lowest BCUT2D eigenvalue weighted by Crippen LogP contribution is -2.40. The lowest BCUT2D eigenvalue weighted by atomic mass is 9.87. The van der Waals surface area contributed by atoms with Crippen LogP contribution in [0.3, 0.4) is 0 Å². The molecule has 2 aromatic carbocycles. The molecule has 5 heteroatoms. The number of methoxy groups -OCH3 is 1. The second kappa shape index (κ2) is 9.60. The number of ether oxygens (including phenoxy) is 2. The third kappa shape index (κ3) is 5.04. The number of carbonyl (C=O) groups excluding carboxylic acids is 1. The molecule has 0 aliphatic heterocycles. The lowest BCUT2D eigenvalue weighted by molar-refractivity contribution is -0.133. The van der Waals surface area contributed by atoms with Crippen molar-refractivity contribution in [3.8, 4) is 11.5 Å². The summed E-state index contributed by atoms with van der Waals surface area (Å²) < 4.78 is 10.9. The molecule has 0 radical (unpaired) electrons. The van der Waals surface area contributed by atoms with Gasteiger partial charge in [-0.25, -0.2) is 0 Å². The number of rotatable bonds is 8. The molecular weight excluding hydrogens is 352 g/mol. The Balaban J connectivity index is 1.47. The highest BCUT2D eigenvalue weighted by Crippen LogP contribution is 2.33. The first-order chi connectivity index (χ1) is 13.6. The fourth-order valence-corrected chi connectivity index (χ4v) is 3.72. The van der Waals surface area contributed by atoms with Crippen LogP contribution in [0.1, 0.15) is 30.0 Å². The van der Waals surface area contributed by atoms with Gasteiger partial charge in [0.05, 0.1) is 19.7 Å². The van der Waals surface area contributed by atoms with Crippen molar-refractivity contribution in [2.75, 3.05) is 40.9 Å². The smallest absolute Gasteiger partial charge is 0.236 e. The van der Waals surface area contributed by atoms with E-state index in [0.717, 1.165) is 30.8 Å². The van der Waals surface area contributed by atoms with Crippen molar-refractivity contribution in [2.24, 2.45) is 0 Å². The Labute approximate surface area is 167 Å². The average molecular weight is 383 g/mol. The molecule has 1 aliphatic rings. The van der Waals surface area contributed by atoms with Gasteiger partial charge in [0.1, 0.15) is 18.1 Å². The number of carbonyl (C=O) groups is 1. The Hall–Kier alpha value is -2.53. The molecular formula is C23H30N2O3. The predicted molar refractivity (Wildman–Crippen MR) is 111 cm³/mol. The van der Waals surface area contributed by atoms with E-state index in [-0.39, 0.29) is 11.9 Å². The van der Waals surface area contributed by atoms with Gasteiger partial charge >= 0.3 is 0 Å². The van der Waals surface area contributed by atoms with Gasteiger partial charge in [0.2, 0.25) is 5.91 Å². The molecule has 1 unspecified atom stereocenters. The molecule has 0 spiro atoms. The first-order valence-electron chi connectivity index (χ1n) is 9.87. The number of hydrogen-bond acceptors (Lipinski definition) is 4. The summed E-state index contributed by atoms with van der Waals surface area (Å²) in [7, 11) is 5.53. The number of fused-ring (bicyclic) bond motifs is 1. The highest BCUT2D eigenvalue weighted by molar-refractivity contribution is 5.78. The number of hydrogen-bond donors (Lipinski definition) is 0. The molecule has 1 aliphatic carbocycles. The maximum Gasteiger partial charge on any atom is 0.236 e. The van der Waals surface area contributed by atoms with Crippen molar-refractivity contribution < 1.29 is 14.3 Å². The van der Waals surface area contributed by atoms with Gasteiger partial charge in [-0.15, -0.1) is 0 Å². The summed E-state index contributed by atoms with van der Waals surface area (Å²) in [6, 6.07) is 16.2. The van der Waals surface area contributed by atoms with Gasteiger partial charge < -0.3 is 14.4 Å². The topological polar surface area (TPSA) is 42.0 Å². The second-order valence-corrected chi connectivity index (χ2v) is 7.37. The number of aryl methyl sites for hydroxylation is 1. The van der Waals surface area contributed by atoms with E-state index in [9.17, 15) is 4.79 Å². The van der Waals surface area contributed by atoms with Crippen LogP contribution in [0.4, 0.5) is 0 Å². The quantitative estimate of drug-likeness (QED) is 0.700. The standard InChI is InChI=1S/C23H30N2O3/c1-24(15-16-28-20-13-11-19(27-3)12-14-20)17-23(26)25(2)22-10-6-8-18-7-4-5-9-21(18)22/h4-5,7,9,11-14,22H,6,8,10,15-17H2,1-3H3. The van der Waals surface area contributed by atoms with Crippen LogP contribution in [-0.2, 0) is 11.2 Å². The van der Waals surface area contributed by atoms with Gasteiger partial charge in [-0.1, -0.05) is 24.3 Å². The van der Waals surface area contributed by atoms with Crippen LogP contribution < -0.4 is 9.47 Å². The van der Waals surface area contributed by atoms with Gasteiger partial charge in [-0.05, 0) is 61.7 Å². The monoisotopic (exact) mass is 382 g/mol. The summed E-state index contributed by atoms with van der Waals surface area (Å²) in [6.07, 6.45) is 3.27. The van der Waals surface area contributed by atoms with Gasteiger partial charge in [0.15, 0.2) is 0 Å². The zero-order chi connectivity index (χ0) is 19.9. The minimum atomic E-state index is 0.147. The molecule has 1 atom stereocenters. The zero-order valence-electron chi connectivity index (χ0n) is 17.1. The first kappa shape index (κ1) is 20.2. The lowest BCUT2D eigenvalue weighted by Gasteiger charge is -2.34. The SMILES string of the molecule is COc1ccc(OCCN(C)CC(=O)N(C)C2CCCc3ccccc32)cc1. The van der Waals surface area contributed by atoms with E-state index in [1.165, 1.54) is 11.1 Å². The Bertz CT molecular complexity index is 776. The Kier molecular flexibility index (Phi) is 6.93. The van der Waals surface area contributed by atoms with Crippen LogP contribution in [0.25, 0.3) is 0 Å². The summed E-state index contributed by atoms with van der Waals surface area (Å²) in [5.41, 5.74) is 2.68. The first-order valence-corrected chi connectivity index (χ1v) is 9.87. The summed E-state index contributed by atoms with van der Waals surface area (Å²) >= 11 is 0. The largest absolute Gasteiger partial charge is 0.497 e. The molecule has 0 aromatic heterocycles. The number of benzene rings is 2. The summed E-state index contributed by atoms with van der Waals surface area (Å²) in [6.45, 7) is 1.61. The maximum absolute atomic E-state index is 12.8. The van der Waals surface area contributed by atoms with Crippen LogP contribution in [0.5, 0.6) is 11.5 Å². The number of nitrogens with zero attached hydrogens (tertiary/aromatic N) is 2. The fraction of sp³-hybridized carbons (Fsp3) is 0.435. The van der Waals surface area contributed by atoms with Crippen molar-refractivity contribution in [1.29, 1.82) is 0 Å². The van der Waals surface area contributed by atoms with Crippen LogP contribution in [0, 0.1) is 0 Å². The normalized spacial score (nSPS) is 15.8. The molecule has 3 rings (SSSR count). The highest BCUT2D eigenvalue weighted by Gasteiger charge is 2.26. The summed E-state index contributed by atoms with van der Waals surface area (Å²) in [5, 5.41) is 0. The van der Waals surface area contributed by atoms with E-state index in [2.05, 4.69) is 24.3 Å². The van der Waals surface area contributed by atoms with Crippen molar-refractivity contribution >= 4 is 5.91 Å². The van der Waals surface area contributed by atoms with Gasteiger partial charge in [0.25, 0.3) is 0 Å². The van der Waals surface area contributed by atoms with E-state index >= 15 is 0 Å². The summed E-state index contributed by atoms with van der Waals surface area (Å²) in [4.78, 5) is 16.7. The fourth-order valence-electron chi connectivity index (χ4n) is 3.72. The van der Waals surface area contributed by atoms with Gasteiger partial charge in [0, 0.05) is 13.6 Å². The molecule has 2 aromatic rings. The van der Waals surface area contributed by atoms with Crippen LogP contribution in [-0.4, -0.2) is 56.6 Å². The van der Waals surface area contributed by atoms with Gasteiger partial charge in [-0.2, -0.15) is 0 Å². The van der Waals surface area contributed by atoms with Crippen molar-refractivity contribution in [3.05, 3.63) is 59.7 Å². The summed E-state index contributed by atoms with van der Waals surface area (Å²) in [5.74, 6) is 1.76. The van der Waals surface area contributed by atoms with Crippen molar-refractivity contribution in [3.63, 3.8) is 0 Å². The average Bonchev–Trinajstić information content (AvgIpc) is 2.73. The van der Waals surface area contributed by atoms with E-state index in [1.54, 1.807) is 7.11 Å². The molecule has 0 saturated carbocycles. The maximum atomic E-state index is 12.8. The molecule has 28 heavy (non-hydrogen) atoms. The molecule has 0 heterocycles. The van der Waals surface area contributed by atoms with Crippen LogP contribution in [0.2, 0.25) is 0 Å². The minimum Gasteiger partial charge on any atom is -0.497 e. The van der Waals surface area contributed by atoms with E-state index in [0.29, 0.717) is 19.7 Å². The minimum absolute atomic E-state index is 0.147. The molecule has 150 valence electrons. The number of likely N-dealkylation sites (N-methyl/N-ethyl adjacent to an activating group) is 2. The third-order valence-corrected chi connectivity index (χ3v) is 5.41. The molecule has 0 N–H and O–H groups in total. The highest BCUT2D eigenvalue weighted by atomic mass is 16.5. The van der Waals surface area contributed by atoms with Crippen molar-refractivity contribution in [2.45, 2.75) is 25.3 Å². The second-order valence-electron chi connectivity index (χ2n) is 7.37. The molecule has 1 amide bonds. The molecule has 0 fully saturated rings. The Morgan fingerprint density at radius 1 is 1.07 bits per heavy atom. The number of amides is 1. The van der Waals surface area contributed by atoms with Crippen LogP contribution in [0.15, 0.2) is 48.5 Å². The zero-order valence-corrected chi connectivity index (χ0v) is 17.1. The Morgan fingerprint density at radius 2 is 1.79 bits per heavy atom. The van der Waals surface area contributed by atoms with Gasteiger partial charge in [-0.3, -0.25) is 9.69 Å². The molecule has 0 bridgehead atoms. The molecule has 5 nitrogen and oxygen atoms in total. The van der Waals surface area contributed by atoms with E-state index < -0.39 is 0 Å². The van der Waals surface area contributed by atoms with Crippen LogP contribution >= 0.6 is 0 Å². The predicted octanol–water partition coefficient (Wildman–Crippen LogP) is 3.54.